The summed E-state index contributed by atoms with van der Waals surface area (Å²) in [6.07, 6.45) is 4.05. The number of rotatable bonds is 8. The summed E-state index contributed by atoms with van der Waals surface area (Å²) in [6, 6.07) is 6.31. The largest absolute Gasteiger partial charge is 0.459 e. The summed E-state index contributed by atoms with van der Waals surface area (Å²) in [5.74, 6) is -0.751. The molecule has 1 atom stereocenters. The minimum Gasteiger partial charge on any atom is -0.459 e. The van der Waals surface area contributed by atoms with Crippen molar-refractivity contribution in [1.29, 1.82) is 0 Å². The third-order valence-corrected chi connectivity index (χ3v) is 5.04. The van der Waals surface area contributed by atoms with Crippen LogP contribution in [0.2, 0.25) is 0 Å². The molecule has 2 rings (SSSR count). The molecule has 2 aromatic rings. The lowest BCUT2D eigenvalue weighted by Gasteiger charge is -2.19. The highest BCUT2D eigenvalue weighted by Crippen LogP contribution is 2.14. The van der Waals surface area contributed by atoms with Gasteiger partial charge in [-0.1, -0.05) is 12.1 Å². The summed E-state index contributed by atoms with van der Waals surface area (Å²) in [6.45, 7) is 5.11. The maximum atomic E-state index is 12.9. The number of aryl methyl sites for hydroxylation is 2. The van der Waals surface area contributed by atoms with Crippen LogP contribution in [0.25, 0.3) is 0 Å². The van der Waals surface area contributed by atoms with Crippen molar-refractivity contribution in [2.75, 3.05) is 0 Å². The van der Waals surface area contributed by atoms with E-state index >= 15 is 0 Å². The Bertz CT molecular complexity index is 892. The van der Waals surface area contributed by atoms with Crippen molar-refractivity contribution in [3.63, 3.8) is 0 Å². The lowest BCUT2D eigenvalue weighted by atomic mass is 10.0. The molecule has 0 saturated carbocycles. The molecule has 0 unspecified atom stereocenters. The first kappa shape index (κ1) is 23.2. The second kappa shape index (κ2) is 10.1. The summed E-state index contributed by atoms with van der Waals surface area (Å²) in [5, 5.41) is 0. The molecule has 0 amide bonds. The maximum Gasteiger partial charge on any atom is 0.326 e. The zero-order valence-electron chi connectivity index (χ0n) is 17.0. The van der Waals surface area contributed by atoms with Crippen LogP contribution in [0.15, 0.2) is 39.9 Å². The lowest BCUT2D eigenvalue weighted by Crippen LogP contribution is -2.31. The summed E-state index contributed by atoms with van der Waals surface area (Å²) in [7, 11) is 0. The van der Waals surface area contributed by atoms with Gasteiger partial charge in [-0.05, 0) is 80.1 Å². The van der Waals surface area contributed by atoms with E-state index in [0.29, 0.717) is 23.0 Å². The van der Waals surface area contributed by atoms with Crippen molar-refractivity contribution in [3.8, 4) is 0 Å². The maximum absolute atomic E-state index is 12.9. The second-order valence-corrected chi connectivity index (χ2v) is 8.78. The molecule has 0 bridgehead atoms. The van der Waals surface area contributed by atoms with Gasteiger partial charge in [0.1, 0.15) is 22.4 Å². The first-order valence-corrected chi connectivity index (χ1v) is 10.3. The number of carbonyl (C=O) groups excluding carboxylic acids is 1. The molecule has 8 heteroatoms. The van der Waals surface area contributed by atoms with E-state index in [-0.39, 0.29) is 24.0 Å². The third-order valence-electron chi connectivity index (χ3n) is 4.24. The Hall–Kier alpha value is -2.06. The van der Waals surface area contributed by atoms with Crippen molar-refractivity contribution < 1.29 is 13.9 Å². The SMILES string of the molecule is CC(C)(C)OC(=O)Cn1cnc(CC[C@H](N)CCc2ccc(F)cc2)c(Br)c1=O. The number of aromatic nitrogens is 2. The molecule has 1 heterocycles. The Kier molecular flexibility index (Phi) is 8.10. The molecule has 0 radical (unpaired) electrons. The van der Waals surface area contributed by atoms with Crippen LogP contribution in [0.3, 0.4) is 0 Å². The number of halogens is 2. The van der Waals surface area contributed by atoms with Gasteiger partial charge in [-0.15, -0.1) is 0 Å². The van der Waals surface area contributed by atoms with Crippen LogP contribution in [0.5, 0.6) is 0 Å². The molecule has 0 aliphatic carbocycles. The topological polar surface area (TPSA) is 87.2 Å². The van der Waals surface area contributed by atoms with E-state index in [1.807, 2.05) is 0 Å². The molecule has 1 aromatic heterocycles. The molecule has 1 aromatic carbocycles. The molecule has 0 fully saturated rings. The average Bonchev–Trinajstić information content (AvgIpc) is 2.63. The van der Waals surface area contributed by atoms with E-state index in [1.54, 1.807) is 32.9 Å². The number of nitrogens with zero attached hydrogens (tertiary/aromatic N) is 2. The normalized spacial score (nSPS) is 12.6. The first-order valence-electron chi connectivity index (χ1n) is 9.51. The summed E-state index contributed by atoms with van der Waals surface area (Å²) in [4.78, 5) is 28.7. The zero-order valence-corrected chi connectivity index (χ0v) is 18.5. The third kappa shape index (κ3) is 7.70. The van der Waals surface area contributed by atoms with E-state index in [0.717, 1.165) is 18.4 Å². The van der Waals surface area contributed by atoms with Gasteiger partial charge in [0.25, 0.3) is 5.56 Å². The van der Waals surface area contributed by atoms with Crippen molar-refractivity contribution in [3.05, 3.63) is 62.5 Å². The van der Waals surface area contributed by atoms with Crippen LogP contribution in [0, 0.1) is 5.82 Å². The van der Waals surface area contributed by atoms with E-state index in [9.17, 15) is 14.0 Å². The average molecular weight is 468 g/mol. The Morgan fingerprint density at radius 3 is 2.48 bits per heavy atom. The minimum atomic E-state index is -0.616. The number of nitrogens with two attached hydrogens (primary N) is 1. The number of esters is 1. The first-order chi connectivity index (χ1) is 13.5. The fourth-order valence-corrected chi connectivity index (χ4v) is 3.30. The fourth-order valence-electron chi connectivity index (χ4n) is 2.77. The Morgan fingerprint density at radius 2 is 1.86 bits per heavy atom. The zero-order chi connectivity index (χ0) is 21.6. The molecule has 158 valence electrons. The van der Waals surface area contributed by atoms with Crippen LogP contribution >= 0.6 is 15.9 Å². The number of ether oxygens (including phenoxy) is 1. The van der Waals surface area contributed by atoms with Gasteiger partial charge >= 0.3 is 5.97 Å². The molecule has 29 heavy (non-hydrogen) atoms. The van der Waals surface area contributed by atoms with Gasteiger partial charge in [-0.25, -0.2) is 9.37 Å². The van der Waals surface area contributed by atoms with Crippen molar-refractivity contribution in [2.24, 2.45) is 5.73 Å². The Morgan fingerprint density at radius 1 is 1.24 bits per heavy atom. The highest BCUT2D eigenvalue weighted by Gasteiger charge is 2.18. The van der Waals surface area contributed by atoms with Crippen molar-refractivity contribution in [1.82, 2.24) is 9.55 Å². The molecule has 0 spiro atoms. The van der Waals surface area contributed by atoms with Crippen LogP contribution in [0.1, 0.15) is 44.9 Å². The number of hydrogen-bond acceptors (Lipinski definition) is 5. The van der Waals surface area contributed by atoms with E-state index in [2.05, 4.69) is 20.9 Å². The van der Waals surface area contributed by atoms with Gasteiger partial charge < -0.3 is 10.5 Å². The number of hydrogen-bond donors (Lipinski definition) is 1. The molecule has 0 saturated heterocycles. The smallest absolute Gasteiger partial charge is 0.326 e. The van der Waals surface area contributed by atoms with Crippen molar-refractivity contribution >= 4 is 21.9 Å². The highest BCUT2D eigenvalue weighted by molar-refractivity contribution is 9.10. The van der Waals surface area contributed by atoms with Crippen LogP contribution < -0.4 is 11.3 Å². The van der Waals surface area contributed by atoms with Crippen LogP contribution in [-0.4, -0.2) is 27.2 Å². The quantitative estimate of drug-likeness (QED) is 0.601. The van der Waals surface area contributed by atoms with Crippen LogP contribution in [-0.2, 0) is 28.9 Å². The lowest BCUT2D eigenvalue weighted by molar-refractivity contribution is -0.155. The molecular weight excluding hydrogens is 441 g/mol. The second-order valence-electron chi connectivity index (χ2n) is 7.99. The van der Waals surface area contributed by atoms with Gasteiger partial charge in [0, 0.05) is 6.04 Å². The number of benzene rings is 1. The summed E-state index contributed by atoms with van der Waals surface area (Å²) >= 11 is 3.29. The fraction of sp³-hybridized carbons (Fsp3) is 0.476. The predicted octanol–water partition coefficient (Wildman–Crippen LogP) is 3.38. The predicted molar refractivity (Wildman–Crippen MR) is 113 cm³/mol. The number of carbonyl (C=O) groups is 1. The standard InChI is InChI=1S/C21H27BrFN3O3/c1-21(2,3)29-18(27)12-26-13-25-17(19(22)20(26)28)11-10-16(24)9-6-14-4-7-15(23)8-5-14/h4-5,7-8,13,16H,6,9-12,24H2,1-3H3/t16-/m1/s1. The highest BCUT2D eigenvalue weighted by atomic mass is 79.9. The van der Waals surface area contributed by atoms with Gasteiger partial charge in [0.15, 0.2) is 0 Å². The van der Waals surface area contributed by atoms with Gasteiger partial charge in [-0.2, -0.15) is 0 Å². The Labute approximate surface area is 178 Å². The van der Waals surface area contributed by atoms with E-state index in [1.165, 1.54) is 23.0 Å². The van der Waals surface area contributed by atoms with Gasteiger partial charge in [0.2, 0.25) is 0 Å². The summed E-state index contributed by atoms with van der Waals surface area (Å²) < 4.78 is 19.7. The molecular formula is C21H27BrFN3O3. The van der Waals surface area contributed by atoms with Gasteiger partial charge in [0.05, 0.1) is 12.0 Å². The van der Waals surface area contributed by atoms with E-state index in [4.69, 9.17) is 10.5 Å². The molecule has 0 aliphatic rings. The molecule has 6 nitrogen and oxygen atoms in total. The molecule has 2 N–H and O–H groups in total. The van der Waals surface area contributed by atoms with E-state index < -0.39 is 11.6 Å². The monoisotopic (exact) mass is 467 g/mol. The van der Waals surface area contributed by atoms with Crippen LogP contribution in [0.4, 0.5) is 4.39 Å². The molecule has 0 aliphatic heterocycles. The Balaban J connectivity index is 1.90. The van der Waals surface area contributed by atoms with Crippen molar-refractivity contribution in [2.45, 2.75) is 64.6 Å². The minimum absolute atomic E-state index is 0.0713. The van der Waals surface area contributed by atoms with Gasteiger partial charge in [-0.3, -0.25) is 14.2 Å². The summed E-state index contributed by atoms with van der Waals surface area (Å²) in [5.41, 5.74) is 6.87.